The molecule has 0 unspecified atom stereocenters. The molecule has 234 valence electrons. The van der Waals surface area contributed by atoms with E-state index < -0.39 is 11.2 Å². The average molecular weight is 610 g/mol. The van der Waals surface area contributed by atoms with Crippen molar-refractivity contribution >= 4 is 22.7 Å². The number of benzene rings is 3. The maximum atomic E-state index is 13.6. The summed E-state index contributed by atoms with van der Waals surface area (Å²) in [5, 5.41) is 6.37. The third kappa shape index (κ3) is 7.41. The van der Waals surface area contributed by atoms with Gasteiger partial charge in [-0.3, -0.25) is 28.4 Å². The first-order chi connectivity index (χ1) is 21.9. The Hall–Kier alpha value is -4.54. The Morgan fingerprint density at radius 2 is 1.51 bits per heavy atom. The zero-order valence-corrected chi connectivity index (χ0v) is 25.3. The summed E-state index contributed by atoms with van der Waals surface area (Å²) in [6.07, 6.45) is 3.62. The van der Waals surface area contributed by atoms with E-state index >= 15 is 0 Å². The molecule has 1 aromatic heterocycles. The number of hydrogen-bond donors (Lipinski definition) is 2. The van der Waals surface area contributed by atoms with E-state index in [0.717, 1.165) is 49.9 Å². The zero-order valence-electron chi connectivity index (χ0n) is 25.3. The highest BCUT2D eigenvalue weighted by Crippen LogP contribution is 2.16. The number of ether oxygens (including phenoxy) is 1. The monoisotopic (exact) mass is 609 g/mol. The van der Waals surface area contributed by atoms with Crippen LogP contribution >= 0.6 is 0 Å². The number of aromatic nitrogens is 2. The van der Waals surface area contributed by atoms with Crippen molar-refractivity contribution in [3.05, 3.63) is 116 Å². The molecule has 0 saturated carbocycles. The van der Waals surface area contributed by atoms with Crippen LogP contribution < -0.4 is 21.9 Å². The van der Waals surface area contributed by atoms with Crippen molar-refractivity contribution in [3.8, 4) is 0 Å². The van der Waals surface area contributed by atoms with Crippen molar-refractivity contribution in [3.63, 3.8) is 0 Å². The predicted octanol–water partition coefficient (Wildman–Crippen LogP) is 2.90. The normalized spacial score (nSPS) is 17.4. The molecule has 4 aromatic rings. The number of piperidine rings is 1. The van der Waals surface area contributed by atoms with E-state index in [0.29, 0.717) is 35.2 Å². The number of rotatable bonds is 10. The van der Waals surface area contributed by atoms with Crippen LogP contribution in [0.3, 0.4) is 0 Å². The van der Waals surface area contributed by atoms with Gasteiger partial charge in [0.15, 0.2) is 0 Å². The van der Waals surface area contributed by atoms with Gasteiger partial charge in [0.25, 0.3) is 11.5 Å². The molecule has 0 aliphatic carbocycles. The molecule has 6 rings (SSSR count). The van der Waals surface area contributed by atoms with Crippen molar-refractivity contribution in [2.75, 3.05) is 26.2 Å². The molecule has 2 aliphatic rings. The highest BCUT2D eigenvalue weighted by Gasteiger charge is 2.22. The van der Waals surface area contributed by atoms with Gasteiger partial charge in [-0.15, -0.1) is 0 Å². The van der Waals surface area contributed by atoms with Gasteiger partial charge in [0.1, 0.15) is 6.54 Å². The van der Waals surface area contributed by atoms with E-state index in [-0.39, 0.29) is 37.0 Å². The van der Waals surface area contributed by atoms with E-state index in [1.54, 1.807) is 48.5 Å². The molecule has 2 aliphatic heterocycles. The molecule has 2 saturated heterocycles. The molecular weight excluding hydrogens is 570 g/mol. The van der Waals surface area contributed by atoms with Crippen LogP contribution in [0.1, 0.15) is 47.2 Å². The Morgan fingerprint density at radius 3 is 2.24 bits per heavy atom. The average Bonchev–Trinajstić information content (AvgIpc) is 3.60. The smallest absolute Gasteiger partial charge is 0.332 e. The quantitative estimate of drug-likeness (QED) is 0.286. The summed E-state index contributed by atoms with van der Waals surface area (Å²) in [6.45, 7) is 3.64. The maximum absolute atomic E-state index is 13.6. The van der Waals surface area contributed by atoms with Crippen LogP contribution in [0.25, 0.3) is 10.9 Å². The summed E-state index contributed by atoms with van der Waals surface area (Å²) >= 11 is 0. The van der Waals surface area contributed by atoms with Gasteiger partial charge < -0.3 is 15.4 Å². The van der Waals surface area contributed by atoms with Crippen LogP contribution in [-0.2, 0) is 29.2 Å². The summed E-state index contributed by atoms with van der Waals surface area (Å²) in [7, 11) is 0. The maximum Gasteiger partial charge on any atom is 0.332 e. The van der Waals surface area contributed by atoms with Crippen molar-refractivity contribution in [2.45, 2.75) is 57.5 Å². The second kappa shape index (κ2) is 14.0. The molecule has 2 amide bonds. The Kier molecular flexibility index (Phi) is 9.52. The lowest BCUT2D eigenvalue weighted by Crippen LogP contribution is -2.44. The summed E-state index contributed by atoms with van der Waals surface area (Å²) < 4.78 is 8.07. The number of amides is 2. The van der Waals surface area contributed by atoms with Gasteiger partial charge in [0.2, 0.25) is 5.91 Å². The van der Waals surface area contributed by atoms with Crippen LogP contribution in [0.2, 0.25) is 0 Å². The number of fused-ring (bicyclic) bond motifs is 1. The molecule has 3 heterocycles. The van der Waals surface area contributed by atoms with Gasteiger partial charge in [0.05, 0.1) is 23.6 Å². The number of carbonyl (C=O) groups excluding carboxylic acids is 2. The Balaban J connectivity index is 1.10. The lowest BCUT2D eigenvalue weighted by molar-refractivity contribution is -0.122. The second-order valence-electron chi connectivity index (χ2n) is 11.9. The van der Waals surface area contributed by atoms with E-state index in [9.17, 15) is 19.2 Å². The fourth-order valence-corrected chi connectivity index (χ4v) is 6.19. The molecule has 2 fully saturated rings. The minimum Gasteiger partial charge on any atom is -0.376 e. The molecule has 1 atom stereocenters. The summed E-state index contributed by atoms with van der Waals surface area (Å²) in [4.78, 5) is 55.2. The van der Waals surface area contributed by atoms with Crippen molar-refractivity contribution in [2.24, 2.45) is 0 Å². The summed E-state index contributed by atoms with van der Waals surface area (Å²) in [5.74, 6) is -0.456. The van der Waals surface area contributed by atoms with Gasteiger partial charge in [-0.05, 0) is 61.1 Å². The van der Waals surface area contributed by atoms with Gasteiger partial charge in [0, 0.05) is 44.4 Å². The van der Waals surface area contributed by atoms with Gasteiger partial charge in [-0.2, -0.15) is 0 Å². The van der Waals surface area contributed by atoms with Gasteiger partial charge in [-0.25, -0.2) is 4.79 Å². The lowest BCUT2D eigenvalue weighted by Gasteiger charge is -2.32. The third-order valence-electron chi connectivity index (χ3n) is 8.71. The van der Waals surface area contributed by atoms with Crippen LogP contribution in [-0.4, -0.2) is 64.2 Å². The van der Waals surface area contributed by atoms with Crippen molar-refractivity contribution in [1.29, 1.82) is 0 Å². The molecule has 10 nitrogen and oxygen atoms in total. The van der Waals surface area contributed by atoms with E-state index in [1.807, 2.05) is 6.07 Å². The molecule has 2 N–H and O–H groups in total. The Bertz CT molecular complexity index is 1750. The zero-order chi connectivity index (χ0) is 31.2. The predicted molar refractivity (Wildman–Crippen MR) is 172 cm³/mol. The van der Waals surface area contributed by atoms with Crippen LogP contribution in [0, 0.1) is 0 Å². The number of likely N-dealkylation sites (tertiary alicyclic amines) is 1. The van der Waals surface area contributed by atoms with E-state index in [2.05, 4.69) is 39.8 Å². The topological polar surface area (TPSA) is 115 Å². The fraction of sp³-hybridized carbons (Fsp3) is 0.371. The standard InChI is InChI=1S/C35H39N5O5/c41-32(36-21-29-9-6-20-45-29)24-39-31-11-5-4-10-30(31)34(43)40(35(39)44)23-26-12-14-27(15-13-26)33(42)37-28-16-18-38(19-17-28)22-25-7-2-1-3-8-25/h1-5,7-8,10-15,28-29H,6,9,16-24H2,(H,36,41)(H,37,42)/t29-/m0/s1. The van der Waals surface area contributed by atoms with E-state index in [1.165, 1.54) is 10.1 Å². The third-order valence-corrected chi connectivity index (χ3v) is 8.71. The Labute approximate surface area is 261 Å². The Morgan fingerprint density at radius 1 is 0.800 bits per heavy atom. The van der Waals surface area contributed by atoms with Crippen LogP contribution in [0.4, 0.5) is 0 Å². The highest BCUT2D eigenvalue weighted by atomic mass is 16.5. The van der Waals surface area contributed by atoms with Gasteiger partial charge >= 0.3 is 5.69 Å². The lowest BCUT2D eigenvalue weighted by atomic mass is 10.0. The molecule has 3 aromatic carbocycles. The van der Waals surface area contributed by atoms with Crippen molar-refractivity contribution < 1.29 is 14.3 Å². The number of carbonyl (C=O) groups is 2. The minimum absolute atomic E-state index is 0.0145. The fourth-order valence-electron chi connectivity index (χ4n) is 6.19. The number of nitrogens with one attached hydrogen (secondary N) is 2. The summed E-state index contributed by atoms with van der Waals surface area (Å²) in [6, 6.07) is 24.3. The molecule has 45 heavy (non-hydrogen) atoms. The SMILES string of the molecule is O=C(Cn1c(=O)n(Cc2ccc(C(=O)NC3CCN(Cc4ccccc4)CC3)cc2)c(=O)c2ccccc21)NC[C@@H]1CCCO1. The highest BCUT2D eigenvalue weighted by molar-refractivity contribution is 5.94. The van der Waals surface area contributed by atoms with Crippen molar-refractivity contribution in [1.82, 2.24) is 24.7 Å². The molecule has 10 heteroatoms. The number of para-hydroxylation sites is 1. The first kappa shape index (κ1) is 30.5. The first-order valence-corrected chi connectivity index (χ1v) is 15.7. The first-order valence-electron chi connectivity index (χ1n) is 15.7. The molecule has 0 radical (unpaired) electrons. The van der Waals surface area contributed by atoms with Crippen LogP contribution in [0.15, 0.2) is 88.5 Å². The molecule has 0 spiro atoms. The van der Waals surface area contributed by atoms with E-state index in [4.69, 9.17) is 4.74 Å². The second-order valence-corrected chi connectivity index (χ2v) is 11.9. The molecule has 0 bridgehead atoms. The molecular formula is C35H39N5O5. The largest absolute Gasteiger partial charge is 0.376 e. The van der Waals surface area contributed by atoms with Crippen LogP contribution in [0.5, 0.6) is 0 Å². The summed E-state index contributed by atoms with van der Waals surface area (Å²) in [5.41, 5.74) is 1.94. The van der Waals surface area contributed by atoms with Gasteiger partial charge in [-0.1, -0.05) is 54.6 Å². The minimum atomic E-state index is -0.564. The number of hydrogen-bond acceptors (Lipinski definition) is 6. The number of nitrogens with zero attached hydrogens (tertiary/aromatic N) is 3.